The van der Waals surface area contributed by atoms with Crippen molar-refractivity contribution < 1.29 is 31.9 Å². The number of alkyl halides is 4. The molecule has 3 rings (SSSR count). The summed E-state index contributed by atoms with van der Waals surface area (Å²) < 4.78 is 57.4. The minimum atomic E-state index is -4.65. The van der Waals surface area contributed by atoms with E-state index in [4.69, 9.17) is 4.74 Å². The van der Waals surface area contributed by atoms with Crippen molar-refractivity contribution in [1.29, 1.82) is 0 Å². The molecule has 1 fully saturated rings. The molecule has 12 heteroatoms. The second-order valence-electron chi connectivity index (χ2n) is 8.99. The molecule has 0 spiro atoms. The quantitative estimate of drug-likeness (QED) is 0.664. The molecule has 8 nitrogen and oxygen atoms in total. The molecule has 0 radical (unpaired) electrons. The first-order chi connectivity index (χ1) is 15.7. The lowest BCUT2D eigenvalue weighted by molar-refractivity contribution is -0.145. The van der Waals surface area contributed by atoms with Crippen LogP contribution in [0.25, 0.3) is 11.3 Å². The number of rotatable bonds is 4. The van der Waals surface area contributed by atoms with Gasteiger partial charge < -0.3 is 10.1 Å². The van der Waals surface area contributed by atoms with E-state index in [-0.39, 0.29) is 25.1 Å². The van der Waals surface area contributed by atoms with Crippen molar-refractivity contribution in [3.05, 3.63) is 41.6 Å². The minimum Gasteiger partial charge on any atom is -0.444 e. The summed E-state index contributed by atoms with van der Waals surface area (Å²) in [5, 5.41) is 2.68. The number of likely N-dealkylation sites (tertiary alicyclic amines) is 1. The summed E-state index contributed by atoms with van der Waals surface area (Å²) in [6.45, 7) is 6.51. The predicted molar refractivity (Wildman–Crippen MR) is 113 cm³/mol. The van der Waals surface area contributed by atoms with Gasteiger partial charge in [0.1, 0.15) is 17.8 Å². The average Bonchev–Trinajstić information content (AvgIpc) is 3.12. The van der Waals surface area contributed by atoms with Crippen LogP contribution >= 0.6 is 0 Å². The van der Waals surface area contributed by atoms with Crippen molar-refractivity contribution in [2.75, 3.05) is 6.54 Å². The Kier molecular flexibility index (Phi) is 7.08. The Hall–Kier alpha value is -3.31. The van der Waals surface area contributed by atoms with E-state index in [9.17, 15) is 27.2 Å². The van der Waals surface area contributed by atoms with Crippen LogP contribution in [0.3, 0.4) is 0 Å². The third kappa shape index (κ3) is 6.39. The Labute approximate surface area is 193 Å². The largest absolute Gasteiger partial charge is 0.451 e. The summed E-state index contributed by atoms with van der Waals surface area (Å²) in [4.78, 5) is 37.2. The summed E-state index contributed by atoms with van der Waals surface area (Å²) in [5.41, 5.74) is 0.977. The maximum absolute atomic E-state index is 14.0. The first kappa shape index (κ1) is 25.3. The van der Waals surface area contributed by atoms with Crippen molar-refractivity contribution in [3.63, 3.8) is 0 Å². The van der Waals surface area contributed by atoms with E-state index in [0.717, 1.165) is 17.3 Å². The second-order valence-corrected chi connectivity index (χ2v) is 8.99. The SMILES string of the molecule is Cc1cc(CNC(=O)C2CC(F)CN2C(=O)OC(C)(C)C)cc(-c2cnc(C(F)(F)F)nc2)n1. The fourth-order valence-electron chi connectivity index (χ4n) is 3.46. The molecule has 184 valence electrons. The number of pyridine rings is 1. The normalized spacial score (nSPS) is 18.6. The number of amides is 2. The third-order valence-corrected chi connectivity index (χ3v) is 4.86. The molecule has 2 aromatic rings. The van der Waals surface area contributed by atoms with Gasteiger partial charge in [-0.05, 0) is 45.4 Å². The first-order valence-corrected chi connectivity index (χ1v) is 10.5. The Balaban J connectivity index is 1.71. The summed E-state index contributed by atoms with van der Waals surface area (Å²) in [5.74, 6) is -1.80. The van der Waals surface area contributed by atoms with Gasteiger partial charge in [-0.2, -0.15) is 13.2 Å². The van der Waals surface area contributed by atoms with Crippen LogP contribution in [0.2, 0.25) is 0 Å². The van der Waals surface area contributed by atoms with Crippen molar-refractivity contribution in [2.45, 2.75) is 64.7 Å². The van der Waals surface area contributed by atoms with Gasteiger partial charge >= 0.3 is 12.3 Å². The van der Waals surface area contributed by atoms with Gasteiger partial charge in [0.2, 0.25) is 11.7 Å². The second kappa shape index (κ2) is 9.51. The van der Waals surface area contributed by atoms with Crippen LogP contribution in [0.4, 0.5) is 22.4 Å². The van der Waals surface area contributed by atoms with Crippen molar-refractivity contribution in [3.8, 4) is 11.3 Å². The number of carbonyl (C=O) groups is 2. The molecule has 1 aliphatic heterocycles. The predicted octanol–water partition coefficient (Wildman–Crippen LogP) is 3.83. The third-order valence-electron chi connectivity index (χ3n) is 4.86. The molecule has 2 atom stereocenters. The smallest absolute Gasteiger partial charge is 0.444 e. The van der Waals surface area contributed by atoms with E-state index >= 15 is 0 Å². The molecule has 0 aromatic carbocycles. The van der Waals surface area contributed by atoms with E-state index < -0.39 is 41.8 Å². The van der Waals surface area contributed by atoms with Gasteiger partial charge in [-0.15, -0.1) is 0 Å². The van der Waals surface area contributed by atoms with Crippen LogP contribution in [0.5, 0.6) is 0 Å². The van der Waals surface area contributed by atoms with Crippen molar-refractivity contribution in [1.82, 2.24) is 25.2 Å². The monoisotopic (exact) mass is 483 g/mol. The van der Waals surface area contributed by atoms with E-state index in [1.54, 1.807) is 39.8 Å². The van der Waals surface area contributed by atoms with Crippen LogP contribution in [0.1, 0.15) is 44.3 Å². The highest BCUT2D eigenvalue weighted by Crippen LogP contribution is 2.27. The van der Waals surface area contributed by atoms with Crippen LogP contribution in [0.15, 0.2) is 24.5 Å². The Morgan fingerprint density at radius 1 is 1.18 bits per heavy atom. The molecule has 0 saturated carbocycles. The molecule has 1 saturated heterocycles. The highest BCUT2D eigenvalue weighted by molar-refractivity contribution is 5.86. The number of nitrogens with one attached hydrogen (secondary N) is 1. The molecule has 3 heterocycles. The molecule has 0 bridgehead atoms. The van der Waals surface area contributed by atoms with E-state index in [2.05, 4.69) is 20.3 Å². The zero-order chi connectivity index (χ0) is 25.3. The van der Waals surface area contributed by atoms with Crippen LogP contribution < -0.4 is 5.32 Å². The molecule has 34 heavy (non-hydrogen) atoms. The standard InChI is InChI=1S/C22H25F4N5O3/c1-12-5-13(6-16(30-12)14-9-28-19(29-10-14)22(24,25)26)8-27-18(32)17-7-15(23)11-31(17)20(33)34-21(2,3)4/h5-6,9-10,15,17H,7-8,11H2,1-4H3,(H,27,32). The van der Waals surface area contributed by atoms with Gasteiger partial charge in [-0.25, -0.2) is 19.2 Å². The maximum Gasteiger partial charge on any atom is 0.451 e. The lowest BCUT2D eigenvalue weighted by Crippen LogP contribution is -2.47. The lowest BCUT2D eigenvalue weighted by Gasteiger charge is -2.27. The average molecular weight is 483 g/mol. The van der Waals surface area contributed by atoms with Crippen LogP contribution in [-0.4, -0.2) is 56.2 Å². The molecule has 2 aromatic heterocycles. The van der Waals surface area contributed by atoms with Gasteiger partial charge in [0.25, 0.3) is 0 Å². The van der Waals surface area contributed by atoms with Gasteiger partial charge in [0.15, 0.2) is 0 Å². The first-order valence-electron chi connectivity index (χ1n) is 10.5. The van der Waals surface area contributed by atoms with Crippen molar-refractivity contribution in [2.24, 2.45) is 0 Å². The van der Waals surface area contributed by atoms with E-state index in [1.165, 1.54) is 0 Å². The topological polar surface area (TPSA) is 97.3 Å². The Bertz CT molecular complexity index is 1050. The number of hydrogen-bond donors (Lipinski definition) is 1. The summed E-state index contributed by atoms with van der Waals surface area (Å²) >= 11 is 0. The lowest BCUT2D eigenvalue weighted by atomic mass is 10.1. The molecule has 1 aliphatic rings. The molecular weight excluding hydrogens is 458 g/mol. The zero-order valence-electron chi connectivity index (χ0n) is 19.1. The molecular formula is C22H25F4N5O3. The zero-order valence-corrected chi connectivity index (χ0v) is 19.1. The number of ether oxygens (including phenoxy) is 1. The highest BCUT2D eigenvalue weighted by Gasteiger charge is 2.41. The molecule has 0 aliphatic carbocycles. The molecule has 1 N–H and O–H groups in total. The maximum atomic E-state index is 14.0. The summed E-state index contributed by atoms with van der Waals surface area (Å²) in [6.07, 6.45) is -4.86. The minimum absolute atomic E-state index is 0.0340. The number of hydrogen-bond acceptors (Lipinski definition) is 6. The highest BCUT2D eigenvalue weighted by atomic mass is 19.4. The number of halogens is 4. The summed E-state index contributed by atoms with van der Waals surface area (Å²) in [7, 11) is 0. The molecule has 2 amide bonds. The Morgan fingerprint density at radius 2 is 1.82 bits per heavy atom. The van der Waals surface area contributed by atoms with Crippen molar-refractivity contribution >= 4 is 12.0 Å². The fraction of sp³-hybridized carbons (Fsp3) is 0.500. The number of carbonyl (C=O) groups excluding carboxylic acids is 2. The van der Waals surface area contributed by atoms with Gasteiger partial charge in [-0.3, -0.25) is 14.7 Å². The molecule has 2 unspecified atom stereocenters. The fourth-order valence-corrected chi connectivity index (χ4v) is 3.46. The number of aryl methyl sites for hydroxylation is 1. The number of aromatic nitrogens is 3. The van der Waals surface area contributed by atoms with Crippen LogP contribution in [0, 0.1) is 6.92 Å². The number of nitrogens with zero attached hydrogens (tertiary/aromatic N) is 4. The van der Waals surface area contributed by atoms with Gasteiger partial charge in [0.05, 0.1) is 12.2 Å². The summed E-state index contributed by atoms with van der Waals surface area (Å²) in [6, 6.07) is 2.25. The van der Waals surface area contributed by atoms with E-state index in [0.29, 0.717) is 17.0 Å². The Morgan fingerprint density at radius 3 is 2.41 bits per heavy atom. The van der Waals surface area contributed by atoms with Gasteiger partial charge in [0, 0.05) is 36.6 Å². The van der Waals surface area contributed by atoms with Gasteiger partial charge in [-0.1, -0.05) is 0 Å². The van der Waals surface area contributed by atoms with Crippen LogP contribution in [-0.2, 0) is 22.3 Å². The van der Waals surface area contributed by atoms with E-state index in [1.807, 2.05) is 0 Å².